The van der Waals surface area contributed by atoms with Crippen molar-refractivity contribution in [3.05, 3.63) is 0 Å². The van der Waals surface area contributed by atoms with Gasteiger partial charge in [-0.15, -0.1) is 0 Å². The van der Waals surface area contributed by atoms with Gasteiger partial charge >= 0.3 is 0 Å². The minimum atomic E-state index is 0.842. The molecule has 0 heterocycles. The summed E-state index contributed by atoms with van der Waals surface area (Å²) in [5.41, 5.74) is 0. The molecule has 2 rings (SSSR count). The lowest BCUT2D eigenvalue weighted by Gasteiger charge is -2.35. The van der Waals surface area contributed by atoms with Crippen molar-refractivity contribution < 1.29 is 0 Å². The third-order valence-electron chi connectivity index (χ3n) is 4.98. The summed E-state index contributed by atoms with van der Waals surface area (Å²) in [6.45, 7) is 8.21. The van der Waals surface area contributed by atoms with Crippen LogP contribution >= 0.6 is 0 Å². The van der Waals surface area contributed by atoms with Crippen LogP contribution in [0.15, 0.2) is 0 Å². The Morgan fingerprint density at radius 1 is 1.19 bits per heavy atom. The molecule has 1 nitrogen and oxygen atoms in total. The van der Waals surface area contributed by atoms with Crippen LogP contribution in [0.25, 0.3) is 0 Å². The van der Waals surface area contributed by atoms with Crippen LogP contribution in [-0.4, -0.2) is 12.6 Å². The van der Waals surface area contributed by atoms with Gasteiger partial charge in [0.1, 0.15) is 0 Å². The van der Waals surface area contributed by atoms with E-state index in [9.17, 15) is 0 Å². The Morgan fingerprint density at radius 2 is 1.94 bits per heavy atom. The Bertz CT molecular complexity index is 213. The number of rotatable bonds is 5. The lowest BCUT2D eigenvalue weighted by atomic mass is 9.75. The number of hydrogen-bond acceptors (Lipinski definition) is 1. The van der Waals surface area contributed by atoms with Crippen LogP contribution in [0.3, 0.4) is 0 Å². The van der Waals surface area contributed by atoms with Crippen LogP contribution < -0.4 is 5.32 Å². The molecule has 0 aromatic rings. The van der Waals surface area contributed by atoms with Crippen molar-refractivity contribution in [1.82, 2.24) is 5.32 Å². The zero-order valence-corrected chi connectivity index (χ0v) is 11.3. The van der Waals surface area contributed by atoms with Crippen LogP contribution in [-0.2, 0) is 0 Å². The molecule has 0 aromatic carbocycles. The second-order valence-corrected chi connectivity index (χ2v) is 6.16. The molecule has 1 heteroatoms. The number of nitrogens with one attached hydrogen (secondary N) is 1. The summed E-state index contributed by atoms with van der Waals surface area (Å²) < 4.78 is 0. The molecule has 0 aliphatic heterocycles. The minimum absolute atomic E-state index is 0.842. The monoisotopic (exact) mass is 223 g/mol. The zero-order chi connectivity index (χ0) is 11.5. The van der Waals surface area contributed by atoms with Gasteiger partial charge in [0, 0.05) is 6.04 Å². The first-order valence-corrected chi connectivity index (χ1v) is 7.49. The quantitative estimate of drug-likeness (QED) is 0.747. The van der Waals surface area contributed by atoms with E-state index < -0.39 is 0 Å². The van der Waals surface area contributed by atoms with Crippen LogP contribution in [0.4, 0.5) is 0 Å². The van der Waals surface area contributed by atoms with E-state index in [4.69, 9.17) is 0 Å². The maximum absolute atomic E-state index is 3.79. The molecule has 5 unspecified atom stereocenters. The Morgan fingerprint density at radius 3 is 2.50 bits per heavy atom. The van der Waals surface area contributed by atoms with Crippen molar-refractivity contribution in [2.75, 3.05) is 6.54 Å². The highest BCUT2D eigenvalue weighted by atomic mass is 14.9. The van der Waals surface area contributed by atoms with Crippen molar-refractivity contribution >= 4 is 0 Å². The third-order valence-corrected chi connectivity index (χ3v) is 4.98. The lowest BCUT2D eigenvalue weighted by molar-refractivity contribution is 0.193. The van der Waals surface area contributed by atoms with E-state index in [0.717, 1.165) is 36.3 Å². The van der Waals surface area contributed by atoms with E-state index in [0.29, 0.717) is 0 Å². The molecule has 5 atom stereocenters. The largest absolute Gasteiger partial charge is 0.314 e. The average Bonchev–Trinajstić information content (AvgIpc) is 3.03. The van der Waals surface area contributed by atoms with E-state index >= 15 is 0 Å². The van der Waals surface area contributed by atoms with Gasteiger partial charge < -0.3 is 5.32 Å². The van der Waals surface area contributed by atoms with Gasteiger partial charge in [-0.3, -0.25) is 0 Å². The standard InChI is InChI=1S/C15H29N/c1-4-12-7-6-8-13(10-12)15(16-5-2)14-9-11(14)3/h11-16H,4-10H2,1-3H3. The fourth-order valence-electron chi connectivity index (χ4n) is 3.78. The maximum atomic E-state index is 3.79. The molecule has 2 aliphatic carbocycles. The predicted molar refractivity (Wildman–Crippen MR) is 70.5 cm³/mol. The predicted octanol–water partition coefficient (Wildman–Crippen LogP) is 3.84. The molecule has 0 radical (unpaired) electrons. The Labute approximate surface area is 101 Å². The Hall–Kier alpha value is -0.0400. The highest BCUT2D eigenvalue weighted by molar-refractivity contribution is 4.96. The summed E-state index contributed by atoms with van der Waals surface area (Å²) in [5.74, 6) is 3.99. The smallest absolute Gasteiger partial charge is 0.0126 e. The molecular formula is C15H29N. The van der Waals surface area contributed by atoms with Gasteiger partial charge in [0.25, 0.3) is 0 Å². The highest BCUT2D eigenvalue weighted by Crippen LogP contribution is 2.46. The van der Waals surface area contributed by atoms with Gasteiger partial charge in [-0.1, -0.05) is 40.0 Å². The van der Waals surface area contributed by atoms with E-state index in [1.165, 1.54) is 38.5 Å². The molecule has 16 heavy (non-hydrogen) atoms. The fourth-order valence-corrected chi connectivity index (χ4v) is 3.78. The topological polar surface area (TPSA) is 12.0 Å². The minimum Gasteiger partial charge on any atom is -0.314 e. The van der Waals surface area contributed by atoms with Crippen molar-refractivity contribution in [3.63, 3.8) is 0 Å². The molecule has 0 amide bonds. The van der Waals surface area contributed by atoms with E-state index in [1.54, 1.807) is 0 Å². The summed E-state index contributed by atoms with van der Waals surface area (Å²) >= 11 is 0. The van der Waals surface area contributed by atoms with Gasteiger partial charge in [0.2, 0.25) is 0 Å². The molecule has 0 aromatic heterocycles. The van der Waals surface area contributed by atoms with E-state index in [-0.39, 0.29) is 0 Å². The molecule has 0 bridgehead atoms. The lowest BCUT2D eigenvalue weighted by Crippen LogP contribution is -2.40. The normalized spacial score (nSPS) is 40.7. The summed E-state index contributed by atoms with van der Waals surface area (Å²) in [5, 5.41) is 3.79. The maximum Gasteiger partial charge on any atom is 0.0126 e. The van der Waals surface area contributed by atoms with Gasteiger partial charge in [-0.25, -0.2) is 0 Å². The van der Waals surface area contributed by atoms with E-state index in [2.05, 4.69) is 26.1 Å². The number of hydrogen-bond donors (Lipinski definition) is 1. The first-order chi connectivity index (χ1) is 7.76. The summed E-state index contributed by atoms with van der Waals surface area (Å²) in [7, 11) is 0. The zero-order valence-electron chi connectivity index (χ0n) is 11.3. The van der Waals surface area contributed by atoms with Crippen molar-refractivity contribution in [1.29, 1.82) is 0 Å². The third kappa shape index (κ3) is 2.80. The van der Waals surface area contributed by atoms with Crippen LogP contribution in [0.1, 0.15) is 59.3 Å². The van der Waals surface area contributed by atoms with Gasteiger partial charge in [-0.05, 0) is 49.5 Å². The van der Waals surface area contributed by atoms with E-state index in [1.807, 2.05) is 0 Å². The summed E-state index contributed by atoms with van der Waals surface area (Å²) in [4.78, 5) is 0. The fraction of sp³-hybridized carbons (Fsp3) is 1.00. The first kappa shape index (κ1) is 12.4. The van der Waals surface area contributed by atoms with Crippen LogP contribution in [0.2, 0.25) is 0 Å². The van der Waals surface area contributed by atoms with Crippen molar-refractivity contribution in [2.24, 2.45) is 23.7 Å². The van der Waals surface area contributed by atoms with Gasteiger partial charge in [0.15, 0.2) is 0 Å². The molecule has 2 aliphatic rings. The first-order valence-electron chi connectivity index (χ1n) is 7.49. The molecule has 0 saturated heterocycles. The van der Waals surface area contributed by atoms with Gasteiger partial charge in [0.05, 0.1) is 0 Å². The van der Waals surface area contributed by atoms with Crippen molar-refractivity contribution in [2.45, 2.75) is 65.3 Å². The molecular weight excluding hydrogens is 194 g/mol. The molecule has 0 spiro atoms. The Balaban J connectivity index is 1.91. The molecule has 94 valence electrons. The summed E-state index contributed by atoms with van der Waals surface area (Å²) in [6, 6.07) is 0.842. The molecule has 2 fully saturated rings. The summed E-state index contributed by atoms with van der Waals surface area (Å²) in [6.07, 6.45) is 8.83. The average molecular weight is 223 g/mol. The molecule has 1 N–H and O–H groups in total. The van der Waals surface area contributed by atoms with Crippen LogP contribution in [0.5, 0.6) is 0 Å². The second kappa shape index (κ2) is 5.53. The molecule has 2 saturated carbocycles. The Kier molecular flexibility index (Phi) is 4.29. The van der Waals surface area contributed by atoms with Crippen LogP contribution in [0, 0.1) is 23.7 Å². The second-order valence-electron chi connectivity index (χ2n) is 6.16. The van der Waals surface area contributed by atoms with Crippen molar-refractivity contribution in [3.8, 4) is 0 Å². The highest BCUT2D eigenvalue weighted by Gasteiger charge is 2.43. The van der Waals surface area contributed by atoms with Gasteiger partial charge in [-0.2, -0.15) is 0 Å². The SMILES string of the molecule is CCNC(C1CCCC(CC)C1)C1CC1C.